The average Bonchev–Trinajstić information content (AvgIpc) is 0.804. The zero-order valence-electron chi connectivity index (χ0n) is 92.1. The van der Waals surface area contributed by atoms with Crippen LogP contribution in [-0.2, 0) is 11.3 Å². The summed E-state index contributed by atoms with van der Waals surface area (Å²) >= 11 is 12.3. The lowest BCUT2D eigenvalue weighted by molar-refractivity contribution is 0.0542. The van der Waals surface area contributed by atoms with E-state index >= 15 is 0 Å². The number of amides is 7. The number of hydrogen-bond acceptors (Lipinski definition) is 16. The number of methoxy groups -OCH3 is 1. The van der Waals surface area contributed by atoms with Crippen molar-refractivity contribution < 1.29 is 78.5 Å². The molecule has 7 amide bonds. The molecule has 0 unspecified atom stereocenters. The van der Waals surface area contributed by atoms with Gasteiger partial charge in [-0.3, -0.25) is 33.6 Å². The predicted molar refractivity (Wildman–Crippen MR) is 579 cm³/mol. The molecule has 7 fully saturated rings. The third kappa shape index (κ3) is 36.9. The molecule has 0 radical (unpaired) electrons. The van der Waals surface area contributed by atoms with Gasteiger partial charge in [0.05, 0.1) is 45.5 Å². The van der Waals surface area contributed by atoms with Crippen LogP contribution < -0.4 is 37.2 Å². The van der Waals surface area contributed by atoms with Crippen molar-refractivity contribution in [3.05, 3.63) is 246 Å². The van der Waals surface area contributed by atoms with Gasteiger partial charge in [-0.15, -0.1) is 0 Å². The number of aliphatic hydroxyl groups excluding tert-OH is 1. The third-order valence-electron chi connectivity index (χ3n) is 30.6. The Morgan fingerprint density at radius 2 is 0.584 bits per heavy atom. The molecule has 7 saturated heterocycles. The molecule has 0 saturated carbocycles. The summed E-state index contributed by atoms with van der Waals surface area (Å²) in [6.07, 6.45) is 11.8. The fraction of sp³-hybridized carbons (Fsp3) is 0.578. The maximum Gasteiger partial charge on any atom is 0.257 e. The first-order valence-electron chi connectivity index (χ1n) is 52.8. The lowest BCUT2D eigenvalue weighted by Gasteiger charge is -2.42. The monoisotopic (exact) mass is 2120 g/mol. The molecule has 0 aromatic heterocycles. The smallest absolute Gasteiger partial charge is 0.257 e. The summed E-state index contributed by atoms with van der Waals surface area (Å²) in [5.41, 5.74) is 1.05. The van der Waals surface area contributed by atoms with Crippen LogP contribution >= 0.6 is 23.2 Å². The van der Waals surface area contributed by atoms with Crippen LogP contribution in [0, 0.1) is 60.4 Å². The Labute approximate surface area is 890 Å². The van der Waals surface area contributed by atoms with Crippen LogP contribution in [0.4, 0.5) is 35.1 Å². The molecule has 7 heterocycles. The minimum absolute atomic E-state index is 0.0125. The van der Waals surface area contributed by atoms with Gasteiger partial charge in [-0.25, -0.2) is 35.1 Å². The topological polar surface area (TPSA) is 256 Å². The summed E-state index contributed by atoms with van der Waals surface area (Å²) in [5.74, 6) is -10.4. The van der Waals surface area contributed by atoms with Crippen molar-refractivity contribution in [1.29, 1.82) is 0 Å². The van der Waals surface area contributed by atoms with E-state index in [2.05, 4.69) is 196 Å². The number of carbonyl (C=O) groups is 7. The molecule has 0 spiro atoms. The van der Waals surface area contributed by atoms with Gasteiger partial charge in [-0.2, -0.15) is 0 Å². The number of hydrogen-bond donors (Lipinski definition) is 8. The zero-order valence-corrected chi connectivity index (χ0v) is 93.6. The highest BCUT2D eigenvalue weighted by molar-refractivity contribution is 6.34. The van der Waals surface area contributed by atoms with Crippen LogP contribution in [0.5, 0.6) is 0 Å². The Hall–Kier alpha value is -9.51. The van der Waals surface area contributed by atoms with Crippen molar-refractivity contribution in [2.75, 3.05) is 105 Å². The van der Waals surface area contributed by atoms with Gasteiger partial charge in [-0.05, 0) is 338 Å². The number of carbonyl (C=O) groups excluding carboxylic acids is 7. The number of ether oxygens (including phenoxy) is 1. The first kappa shape index (κ1) is 125. The molecule has 0 aliphatic carbocycles. The van der Waals surface area contributed by atoms with Crippen LogP contribution in [0.15, 0.2) is 133 Å². The van der Waals surface area contributed by atoms with Crippen LogP contribution in [-0.4, -0.2) is 267 Å². The van der Waals surface area contributed by atoms with Crippen LogP contribution in [0.3, 0.4) is 0 Å². The minimum atomic E-state index is -1.44. The molecule has 149 heavy (non-hydrogen) atoms. The van der Waals surface area contributed by atoms with E-state index in [1.54, 1.807) is 44.4 Å². The number of aryl methyl sites for hydroxylation is 2. The van der Waals surface area contributed by atoms with E-state index in [4.69, 9.17) is 27.9 Å². The van der Waals surface area contributed by atoms with E-state index < -0.39 is 80.6 Å². The highest BCUT2D eigenvalue weighted by Crippen LogP contribution is 2.34. The summed E-state index contributed by atoms with van der Waals surface area (Å²) in [4.78, 5) is 103. The SMILES string of the molecule is CC(C)N1CCC(C)(NC(=O)c2c(F)ccc(F)c2F)CC1.CC(C)N1CCC(C)(NC(=O)c2ccc(F)c(F)c2)CC1.CC(C)N1CCC(C)(NC(=O)c2ccccc2Cl)CC1.CC(C)N1CCC(CO)(NC(=O)c2c(F)cccc2F)CC1.COCc1cccc(C(=O)NC2(C)CCN(C(C)C)CC2)c1.Cc1cccc(Cl)c1C(=O)NC1(C)CCN(C(C)C)CC1.Cc1cccc(F)c1C(=O)NC1(C)CCN(C(C)C)CC1. The fourth-order valence-electron chi connectivity index (χ4n) is 19.6. The van der Waals surface area contributed by atoms with E-state index in [1.165, 1.54) is 18.2 Å². The molecule has 7 aromatic carbocycles. The Morgan fingerprint density at radius 1 is 0.302 bits per heavy atom. The molecule has 7 aromatic rings. The second-order valence-electron chi connectivity index (χ2n) is 44.8. The maximum absolute atomic E-state index is 13.9. The largest absolute Gasteiger partial charge is 0.394 e. The standard InChI is InChI=1S/C18H28N2O2.C17H25ClN2O.C17H25FN2O.C16H23ClN2O.C16H21F3N2O.C16H22F2N2O2.C16H22F2N2O/c1-14(2)20-10-8-18(3,9-11-20)19-17(21)16-7-5-6-15(12-16)13-22-4;2*1-12(2)20-10-8-17(4,9-11-20)19-16(21)15-13(3)6-5-7-14(15)18;1-12(2)19-10-8-16(3,9-11-19)18-15(20)13-6-4-5-7-14(13)17;1-10(2)21-8-6-16(3,7-9-21)20-15(22)13-11(17)4-5-12(18)14(13)19;1-11(2)20-8-6-16(10-21,7-9-20)19-15(22)14-12(17)4-3-5-13(14)18;1-11(2)20-8-6-16(3,7-9-20)19-15(21)12-4-5-13(17)14(18)10-12/h5-7,12,14H,8-11,13H2,1-4H3,(H,19,21);2*5-7,12H,8-11H2,1-4H3,(H,19,21);4-7,12H,8-11H2,1-3H3,(H,18,20);4-5,10H,6-9H2,1-3H3,(H,20,22);3-5,11,21H,6-10H2,1-2H3,(H,19,22);4-5,10-11H,6-9H2,1-3H3,(H,19,21). The molecule has 8 N–H and O–H groups in total. The van der Waals surface area contributed by atoms with Gasteiger partial charge in [0.15, 0.2) is 23.3 Å². The Balaban J connectivity index is 0.000000212. The van der Waals surface area contributed by atoms with E-state index in [0.29, 0.717) is 113 Å². The summed E-state index contributed by atoms with van der Waals surface area (Å²) in [5, 5.41) is 31.6. The van der Waals surface area contributed by atoms with Crippen LogP contribution in [0.2, 0.25) is 10.0 Å². The number of likely N-dealkylation sites (tertiary alicyclic amines) is 7. The number of nitrogens with one attached hydrogen (secondary N) is 7. The molecule has 14 rings (SSSR count). The maximum atomic E-state index is 13.9. The first-order valence-corrected chi connectivity index (χ1v) is 53.6. The molecule has 7 aliphatic heterocycles. The molecule has 0 bridgehead atoms. The molecular weight excluding hydrogens is 1960 g/mol. The average molecular weight is 2120 g/mol. The van der Waals surface area contributed by atoms with E-state index in [9.17, 15) is 73.8 Å². The van der Waals surface area contributed by atoms with E-state index in [1.807, 2.05) is 69.3 Å². The highest BCUT2D eigenvalue weighted by Gasteiger charge is 2.42. The Kier molecular flexibility index (Phi) is 47.2. The molecule has 0 atom stereocenters. The van der Waals surface area contributed by atoms with Gasteiger partial charge in [0, 0.05) is 185 Å². The summed E-state index contributed by atoms with van der Waals surface area (Å²) < 4.78 is 113. The molecule has 7 aliphatic rings. The number of rotatable bonds is 24. The van der Waals surface area contributed by atoms with E-state index in [0.717, 1.165) is 197 Å². The second-order valence-corrected chi connectivity index (χ2v) is 45.6. The van der Waals surface area contributed by atoms with Gasteiger partial charge in [-0.1, -0.05) is 77.8 Å². The van der Waals surface area contributed by atoms with Gasteiger partial charge >= 0.3 is 0 Å². The number of aliphatic hydroxyl groups is 1. The predicted octanol–water partition coefficient (Wildman–Crippen LogP) is 20.9. The normalized spacial score (nSPS) is 18.7. The quantitative estimate of drug-likeness (QED) is 0.0207. The number of nitrogens with zero attached hydrogens (tertiary/aromatic N) is 7. The van der Waals surface area contributed by atoms with Gasteiger partial charge in [0.25, 0.3) is 41.4 Å². The molecule has 824 valence electrons. The first-order chi connectivity index (χ1) is 69.9. The van der Waals surface area contributed by atoms with Crippen molar-refractivity contribution in [1.82, 2.24) is 71.5 Å². The molecule has 33 heteroatoms. The zero-order chi connectivity index (χ0) is 111. The van der Waals surface area contributed by atoms with E-state index in [-0.39, 0.29) is 75.0 Å². The number of piperidine rings is 7. The summed E-state index contributed by atoms with van der Waals surface area (Å²) in [6, 6.07) is 36.6. The second kappa shape index (κ2) is 56.4. The summed E-state index contributed by atoms with van der Waals surface area (Å²) in [6.45, 7) is 59.6. The lowest BCUT2D eigenvalue weighted by Crippen LogP contribution is -2.58. The third-order valence-corrected chi connectivity index (χ3v) is 31.3. The Morgan fingerprint density at radius 3 is 0.933 bits per heavy atom. The van der Waals surface area contributed by atoms with Crippen molar-refractivity contribution in [3.8, 4) is 0 Å². The van der Waals surface area contributed by atoms with Crippen LogP contribution in [0.25, 0.3) is 0 Å². The Bertz CT molecular complexity index is 5390. The number of halogens is 10. The van der Waals surface area contributed by atoms with Crippen molar-refractivity contribution >= 4 is 64.6 Å². The van der Waals surface area contributed by atoms with Crippen molar-refractivity contribution in [3.63, 3.8) is 0 Å². The van der Waals surface area contributed by atoms with Crippen molar-refractivity contribution in [2.24, 2.45) is 0 Å². The van der Waals surface area contributed by atoms with Crippen molar-refractivity contribution in [2.45, 2.75) is 330 Å². The van der Waals surface area contributed by atoms with Gasteiger partial charge in [0.1, 0.15) is 34.4 Å². The molecular formula is C116H166Cl2F8N14O9. The molecule has 23 nitrogen and oxygen atoms in total. The van der Waals surface area contributed by atoms with Gasteiger partial charge < -0.3 is 81.4 Å². The minimum Gasteiger partial charge on any atom is -0.394 e. The fourth-order valence-corrected chi connectivity index (χ4v) is 20.2. The van der Waals surface area contributed by atoms with Gasteiger partial charge in [0.2, 0.25) is 0 Å². The lowest BCUT2D eigenvalue weighted by atomic mass is 9.87. The summed E-state index contributed by atoms with van der Waals surface area (Å²) in [7, 11) is 1.66. The number of benzene rings is 7. The van der Waals surface area contributed by atoms with Crippen LogP contribution in [0.1, 0.15) is 318 Å². The highest BCUT2D eigenvalue weighted by atomic mass is 35.5.